The number of benzene rings is 1. The van der Waals surface area contributed by atoms with E-state index in [0.29, 0.717) is 16.3 Å². The number of nitrogens with two attached hydrogens (primary N) is 1. The minimum absolute atomic E-state index is 0.0820. The molecule has 2 rings (SSSR count). The van der Waals surface area contributed by atoms with Crippen molar-refractivity contribution in [2.75, 3.05) is 5.73 Å². The van der Waals surface area contributed by atoms with Crippen LogP contribution in [0.15, 0.2) is 36.5 Å². The Kier molecular flexibility index (Phi) is 3.87. The van der Waals surface area contributed by atoms with E-state index < -0.39 is 0 Å². The largest absolute Gasteiger partial charge is 0.508 e. The molecule has 4 N–H and O–H groups in total. The summed E-state index contributed by atoms with van der Waals surface area (Å²) < 4.78 is 0. The van der Waals surface area contributed by atoms with Crippen LogP contribution >= 0.6 is 11.6 Å². The molecular formula is C13H12ClN3O2. The van der Waals surface area contributed by atoms with Gasteiger partial charge in [-0.2, -0.15) is 0 Å². The van der Waals surface area contributed by atoms with Crippen molar-refractivity contribution in [1.82, 2.24) is 10.3 Å². The third-order valence-corrected chi connectivity index (χ3v) is 2.73. The van der Waals surface area contributed by atoms with Crippen LogP contribution in [-0.4, -0.2) is 16.0 Å². The number of hydrogen-bond donors (Lipinski definition) is 3. The molecule has 0 aliphatic heterocycles. The van der Waals surface area contributed by atoms with Crippen LogP contribution in [0.1, 0.15) is 16.1 Å². The normalized spacial score (nSPS) is 10.2. The molecule has 2 aromatic rings. The van der Waals surface area contributed by atoms with Crippen LogP contribution in [0.3, 0.4) is 0 Å². The number of nitrogens with one attached hydrogen (secondary N) is 1. The molecule has 1 amide bonds. The zero-order chi connectivity index (χ0) is 13.8. The number of phenolic OH excluding ortho intramolecular Hbond substituents is 1. The van der Waals surface area contributed by atoms with E-state index >= 15 is 0 Å². The summed E-state index contributed by atoms with van der Waals surface area (Å²) in [7, 11) is 0. The number of amides is 1. The first-order valence-electron chi connectivity index (χ1n) is 5.53. The minimum atomic E-state index is -0.349. The highest BCUT2D eigenvalue weighted by Gasteiger charge is 2.08. The summed E-state index contributed by atoms with van der Waals surface area (Å²) in [6.07, 6.45) is 1.40. The molecular weight excluding hydrogens is 266 g/mol. The average molecular weight is 278 g/mol. The molecule has 6 heteroatoms. The van der Waals surface area contributed by atoms with E-state index in [0.717, 1.165) is 0 Å². The number of carbonyl (C=O) groups is 1. The van der Waals surface area contributed by atoms with Gasteiger partial charge in [0, 0.05) is 24.0 Å². The lowest BCUT2D eigenvalue weighted by molar-refractivity contribution is 0.0946. The second-order valence-corrected chi connectivity index (χ2v) is 4.37. The van der Waals surface area contributed by atoms with Gasteiger partial charge < -0.3 is 16.2 Å². The molecule has 1 heterocycles. The maximum Gasteiger partial charge on any atom is 0.270 e. The van der Waals surface area contributed by atoms with Gasteiger partial charge in [0.2, 0.25) is 0 Å². The zero-order valence-electron chi connectivity index (χ0n) is 9.93. The van der Waals surface area contributed by atoms with Crippen LogP contribution in [0.2, 0.25) is 5.02 Å². The lowest BCUT2D eigenvalue weighted by Crippen LogP contribution is -2.23. The third kappa shape index (κ3) is 3.35. The monoisotopic (exact) mass is 277 g/mol. The lowest BCUT2D eigenvalue weighted by Gasteiger charge is -2.07. The van der Waals surface area contributed by atoms with Gasteiger partial charge in [-0.15, -0.1) is 0 Å². The average Bonchev–Trinajstić information content (AvgIpc) is 2.40. The number of phenols is 1. The van der Waals surface area contributed by atoms with Gasteiger partial charge in [0.25, 0.3) is 5.91 Å². The Morgan fingerprint density at radius 2 is 2.16 bits per heavy atom. The fourth-order valence-corrected chi connectivity index (χ4v) is 1.64. The Hall–Kier alpha value is -2.27. The van der Waals surface area contributed by atoms with Crippen LogP contribution in [-0.2, 0) is 6.54 Å². The molecule has 19 heavy (non-hydrogen) atoms. The number of hydrogen-bond acceptors (Lipinski definition) is 4. The second-order valence-electron chi connectivity index (χ2n) is 3.93. The number of rotatable bonds is 3. The molecule has 0 radical (unpaired) electrons. The minimum Gasteiger partial charge on any atom is -0.508 e. The van der Waals surface area contributed by atoms with Crippen molar-refractivity contribution in [3.8, 4) is 5.75 Å². The van der Waals surface area contributed by atoms with E-state index in [1.54, 1.807) is 18.2 Å². The summed E-state index contributed by atoms with van der Waals surface area (Å²) in [5.41, 5.74) is 6.93. The number of aromatic nitrogens is 1. The molecule has 1 aromatic carbocycles. The molecule has 0 aliphatic carbocycles. The fourth-order valence-electron chi connectivity index (χ4n) is 1.52. The summed E-state index contributed by atoms with van der Waals surface area (Å²) in [6.45, 7) is 0.167. The first-order chi connectivity index (χ1) is 9.06. The molecule has 5 nitrogen and oxygen atoms in total. The molecule has 0 unspecified atom stereocenters. The number of nitrogen functional groups attached to an aromatic ring is 1. The SMILES string of the molecule is Nc1ccc(O)c(CNC(=O)c2ccc(Cl)cn2)c1. The van der Waals surface area contributed by atoms with Gasteiger partial charge in [0.15, 0.2) is 0 Å². The predicted octanol–water partition coefficient (Wildman–Crippen LogP) is 1.95. The van der Waals surface area contributed by atoms with Gasteiger partial charge in [-0.25, -0.2) is 4.98 Å². The van der Waals surface area contributed by atoms with Crippen LogP contribution in [0.25, 0.3) is 0 Å². The molecule has 0 bridgehead atoms. The Morgan fingerprint density at radius 3 is 2.84 bits per heavy atom. The zero-order valence-corrected chi connectivity index (χ0v) is 10.7. The molecule has 0 saturated heterocycles. The first-order valence-corrected chi connectivity index (χ1v) is 5.91. The highest BCUT2D eigenvalue weighted by molar-refractivity contribution is 6.30. The van der Waals surface area contributed by atoms with E-state index in [2.05, 4.69) is 10.3 Å². The molecule has 1 aromatic heterocycles. The topological polar surface area (TPSA) is 88.2 Å². The van der Waals surface area contributed by atoms with Gasteiger partial charge >= 0.3 is 0 Å². The summed E-state index contributed by atoms with van der Waals surface area (Å²) in [4.78, 5) is 15.7. The van der Waals surface area contributed by atoms with Gasteiger partial charge in [-0.05, 0) is 30.3 Å². The van der Waals surface area contributed by atoms with E-state index in [-0.39, 0.29) is 23.9 Å². The van der Waals surface area contributed by atoms with Crippen molar-refractivity contribution in [3.05, 3.63) is 52.8 Å². The van der Waals surface area contributed by atoms with E-state index in [9.17, 15) is 9.90 Å². The van der Waals surface area contributed by atoms with Crippen LogP contribution < -0.4 is 11.1 Å². The highest BCUT2D eigenvalue weighted by Crippen LogP contribution is 2.19. The number of pyridine rings is 1. The van der Waals surface area contributed by atoms with Gasteiger partial charge in [-0.3, -0.25) is 4.79 Å². The number of halogens is 1. The molecule has 0 saturated carbocycles. The van der Waals surface area contributed by atoms with E-state index in [4.69, 9.17) is 17.3 Å². The standard InChI is InChI=1S/C13H12ClN3O2/c14-9-1-3-11(16-7-9)13(19)17-6-8-5-10(15)2-4-12(8)18/h1-5,7,18H,6,15H2,(H,17,19). The summed E-state index contributed by atoms with van der Waals surface area (Å²) >= 11 is 5.69. The molecule has 0 fully saturated rings. The van der Waals surface area contributed by atoms with Gasteiger partial charge in [-0.1, -0.05) is 11.6 Å². The molecule has 98 valence electrons. The van der Waals surface area contributed by atoms with E-state index in [1.165, 1.54) is 18.3 Å². The molecule has 0 atom stereocenters. The molecule has 0 spiro atoms. The number of aromatic hydroxyl groups is 1. The highest BCUT2D eigenvalue weighted by atomic mass is 35.5. The second kappa shape index (κ2) is 5.58. The van der Waals surface area contributed by atoms with Crippen molar-refractivity contribution < 1.29 is 9.90 Å². The summed E-state index contributed by atoms with van der Waals surface area (Å²) in [6, 6.07) is 7.78. The Balaban J connectivity index is 2.04. The summed E-state index contributed by atoms with van der Waals surface area (Å²) in [5, 5.41) is 12.7. The summed E-state index contributed by atoms with van der Waals surface area (Å²) in [5.74, 6) is -0.267. The molecule has 0 aliphatic rings. The fraction of sp³-hybridized carbons (Fsp3) is 0.0769. The smallest absolute Gasteiger partial charge is 0.270 e. The Morgan fingerprint density at radius 1 is 1.37 bits per heavy atom. The maximum absolute atomic E-state index is 11.8. The Bertz CT molecular complexity index is 599. The van der Waals surface area contributed by atoms with Crippen molar-refractivity contribution >= 4 is 23.2 Å². The number of anilines is 1. The van der Waals surface area contributed by atoms with E-state index in [1.807, 2.05) is 0 Å². The predicted molar refractivity (Wildman–Crippen MR) is 72.9 cm³/mol. The van der Waals surface area contributed by atoms with Gasteiger partial charge in [0.1, 0.15) is 11.4 Å². The quantitative estimate of drug-likeness (QED) is 0.591. The first kappa shape index (κ1) is 13.2. The number of nitrogens with zero attached hydrogens (tertiary/aromatic N) is 1. The third-order valence-electron chi connectivity index (χ3n) is 2.50. The Labute approximate surface area is 115 Å². The van der Waals surface area contributed by atoms with Crippen molar-refractivity contribution in [3.63, 3.8) is 0 Å². The van der Waals surface area contributed by atoms with Crippen molar-refractivity contribution in [2.45, 2.75) is 6.54 Å². The number of carbonyl (C=O) groups excluding carboxylic acids is 1. The van der Waals surface area contributed by atoms with Gasteiger partial charge in [0.05, 0.1) is 5.02 Å². The van der Waals surface area contributed by atoms with Crippen molar-refractivity contribution in [2.24, 2.45) is 0 Å². The lowest BCUT2D eigenvalue weighted by atomic mass is 10.1. The maximum atomic E-state index is 11.8. The van der Waals surface area contributed by atoms with Crippen LogP contribution in [0.4, 0.5) is 5.69 Å². The van der Waals surface area contributed by atoms with Crippen LogP contribution in [0, 0.1) is 0 Å². The van der Waals surface area contributed by atoms with Crippen LogP contribution in [0.5, 0.6) is 5.75 Å². The van der Waals surface area contributed by atoms with Crippen molar-refractivity contribution in [1.29, 1.82) is 0 Å².